The van der Waals surface area contributed by atoms with Gasteiger partial charge in [-0.1, -0.05) is 25.1 Å². The van der Waals surface area contributed by atoms with Gasteiger partial charge in [-0.3, -0.25) is 9.80 Å². The molecule has 1 aliphatic heterocycles. The van der Waals surface area contributed by atoms with Gasteiger partial charge in [0.1, 0.15) is 0 Å². The van der Waals surface area contributed by atoms with E-state index in [1.165, 1.54) is 7.11 Å². The van der Waals surface area contributed by atoms with E-state index in [1.807, 2.05) is 6.07 Å². The van der Waals surface area contributed by atoms with Crippen LogP contribution in [0.1, 0.15) is 37.0 Å². The van der Waals surface area contributed by atoms with E-state index in [-0.39, 0.29) is 17.5 Å². The van der Waals surface area contributed by atoms with E-state index in [0.717, 1.165) is 44.1 Å². The standard InChI is InChI=1S/C18H25FN4O2/c1-13(2)18-20-17(25-21-18)12-23-8-6-22(7-9-23)11-14-4-5-16(24-3)15(19)10-14/h4-5,10,13H,6-9,11-12H2,1-3H3. The van der Waals surface area contributed by atoms with Crippen molar-refractivity contribution in [1.82, 2.24) is 19.9 Å². The maximum atomic E-state index is 13.8. The first-order chi connectivity index (χ1) is 12.0. The molecule has 0 radical (unpaired) electrons. The lowest BCUT2D eigenvalue weighted by Gasteiger charge is -2.33. The maximum absolute atomic E-state index is 13.8. The van der Waals surface area contributed by atoms with Crippen LogP contribution in [0.4, 0.5) is 4.39 Å². The minimum atomic E-state index is -0.309. The summed E-state index contributed by atoms with van der Waals surface area (Å²) in [6.45, 7) is 9.25. The molecule has 1 aromatic carbocycles. The Hall–Kier alpha value is -1.99. The second-order valence-corrected chi connectivity index (χ2v) is 6.72. The molecule has 0 saturated carbocycles. The highest BCUT2D eigenvalue weighted by Crippen LogP contribution is 2.19. The first-order valence-electron chi connectivity index (χ1n) is 8.64. The topological polar surface area (TPSA) is 54.6 Å². The Labute approximate surface area is 147 Å². The number of halogens is 1. The summed E-state index contributed by atoms with van der Waals surface area (Å²) in [6, 6.07) is 5.15. The fourth-order valence-electron chi connectivity index (χ4n) is 2.93. The molecule has 6 nitrogen and oxygen atoms in total. The summed E-state index contributed by atoms with van der Waals surface area (Å²) < 4.78 is 24.1. The highest BCUT2D eigenvalue weighted by Gasteiger charge is 2.20. The van der Waals surface area contributed by atoms with E-state index in [9.17, 15) is 4.39 Å². The van der Waals surface area contributed by atoms with Crippen LogP contribution in [-0.2, 0) is 13.1 Å². The van der Waals surface area contributed by atoms with Gasteiger partial charge in [0.25, 0.3) is 0 Å². The van der Waals surface area contributed by atoms with E-state index in [1.54, 1.807) is 12.1 Å². The van der Waals surface area contributed by atoms with E-state index in [0.29, 0.717) is 12.4 Å². The van der Waals surface area contributed by atoms with E-state index >= 15 is 0 Å². The van der Waals surface area contributed by atoms with Crippen LogP contribution in [0.2, 0.25) is 0 Å². The number of hydrogen-bond donors (Lipinski definition) is 0. The van der Waals surface area contributed by atoms with E-state index in [4.69, 9.17) is 9.26 Å². The smallest absolute Gasteiger partial charge is 0.240 e. The fourth-order valence-corrected chi connectivity index (χ4v) is 2.93. The largest absolute Gasteiger partial charge is 0.494 e. The molecular weight excluding hydrogens is 323 g/mol. The van der Waals surface area contributed by atoms with E-state index < -0.39 is 0 Å². The third-order valence-electron chi connectivity index (χ3n) is 4.45. The summed E-state index contributed by atoms with van der Waals surface area (Å²) >= 11 is 0. The normalized spacial score (nSPS) is 16.5. The molecule has 2 aromatic rings. The highest BCUT2D eigenvalue weighted by molar-refractivity contribution is 5.29. The minimum absolute atomic E-state index is 0.277. The monoisotopic (exact) mass is 348 g/mol. The molecular formula is C18H25FN4O2. The first-order valence-corrected chi connectivity index (χ1v) is 8.64. The molecule has 3 rings (SSSR count). The van der Waals surface area contributed by atoms with Gasteiger partial charge >= 0.3 is 0 Å². The SMILES string of the molecule is COc1ccc(CN2CCN(Cc3nc(C(C)C)no3)CC2)cc1F. The Morgan fingerprint density at radius 1 is 1.16 bits per heavy atom. The van der Waals surface area contributed by atoms with Crippen LogP contribution in [-0.4, -0.2) is 53.2 Å². The Balaban J connectivity index is 1.49. The van der Waals surface area contributed by atoms with Crippen LogP contribution >= 0.6 is 0 Å². The van der Waals surface area contributed by atoms with Crippen LogP contribution in [0, 0.1) is 5.82 Å². The molecule has 0 atom stereocenters. The average Bonchev–Trinajstić information content (AvgIpc) is 3.06. The molecule has 1 aromatic heterocycles. The Kier molecular flexibility index (Phi) is 5.65. The number of nitrogens with zero attached hydrogens (tertiary/aromatic N) is 4. The third-order valence-corrected chi connectivity index (χ3v) is 4.45. The number of ether oxygens (including phenoxy) is 1. The van der Waals surface area contributed by atoms with Crippen molar-refractivity contribution < 1.29 is 13.7 Å². The number of hydrogen-bond acceptors (Lipinski definition) is 6. The van der Waals surface area contributed by atoms with Crippen molar-refractivity contribution in [2.24, 2.45) is 0 Å². The Morgan fingerprint density at radius 2 is 1.84 bits per heavy atom. The summed E-state index contributed by atoms with van der Waals surface area (Å²) in [5.74, 6) is 1.69. The van der Waals surface area contributed by atoms with Gasteiger partial charge in [0.15, 0.2) is 17.4 Å². The van der Waals surface area contributed by atoms with Crippen LogP contribution in [0.3, 0.4) is 0 Å². The zero-order valence-corrected chi connectivity index (χ0v) is 15.0. The molecule has 0 unspecified atom stereocenters. The number of piperazine rings is 1. The summed E-state index contributed by atoms with van der Waals surface area (Å²) in [6.07, 6.45) is 0. The molecule has 0 spiro atoms. The summed E-state index contributed by atoms with van der Waals surface area (Å²) in [5, 5.41) is 4.01. The predicted octanol–water partition coefficient (Wildman–Crippen LogP) is 2.66. The van der Waals surface area contributed by atoms with Crippen molar-refractivity contribution in [2.75, 3.05) is 33.3 Å². The zero-order valence-electron chi connectivity index (χ0n) is 15.0. The molecule has 136 valence electrons. The molecule has 1 saturated heterocycles. The van der Waals surface area contributed by atoms with Crippen LogP contribution in [0.15, 0.2) is 22.7 Å². The number of benzene rings is 1. The molecule has 2 heterocycles. The van der Waals surface area contributed by atoms with Crippen LogP contribution in [0.5, 0.6) is 5.75 Å². The molecule has 25 heavy (non-hydrogen) atoms. The van der Waals surface area contributed by atoms with Crippen LogP contribution in [0.25, 0.3) is 0 Å². The predicted molar refractivity (Wildman–Crippen MR) is 91.9 cm³/mol. The third kappa shape index (κ3) is 4.55. The molecule has 0 aliphatic carbocycles. The lowest BCUT2D eigenvalue weighted by Crippen LogP contribution is -2.45. The van der Waals surface area contributed by atoms with Crippen molar-refractivity contribution >= 4 is 0 Å². The molecule has 0 bridgehead atoms. The van der Waals surface area contributed by atoms with Gasteiger partial charge in [-0.2, -0.15) is 4.98 Å². The molecule has 7 heteroatoms. The van der Waals surface area contributed by atoms with Crippen molar-refractivity contribution in [3.8, 4) is 5.75 Å². The lowest BCUT2D eigenvalue weighted by molar-refractivity contribution is 0.112. The minimum Gasteiger partial charge on any atom is -0.494 e. The van der Waals surface area contributed by atoms with Gasteiger partial charge in [0.2, 0.25) is 5.89 Å². The second-order valence-electron chi connectivity index (χ2n) is 6.72. The second kappa shape index (κ2) is 7.93. The van der Waals surface area contributed by atoms with Gasteiger partial charge in [0, 0.05) is 38.6 Å². The number of rotatable bonds is 6. The van der Waals surface area contributed by atoms with Gasteiger partial charge in [-0.05, 0) is 17.7 Å². The van der Waals surface area contributed by atoms with E-state index in [2.05, 4.69) is 33.8 Å². The molecule has 1 fully saturated rings. The van der Waals surface area contributed by atoms with Crippen molar-refractivity contribution in [3.05, 3.63) is 41.3 Å². The fraction of sp³-hybridized carbons (Fsp3) is 0.556. The Morgan fingerprint density at radius 3 is 2.40 bits per heavy atom. The number of aromatic nitrogens is 2. The highest BCUT2D eigenvalue weighted by atomic mass is 19.1. The zero-order chi connectivity index (χ0) is 17.8. The Bertz CT molecular complexity index is 696. The molecule has 0 amide bonds. The summed E-state index contributed by atoms with van der Waals surface area (Å²) in [4.78, 5) is 9.06. The lowest BCUT2D eigenvalue weighted by atomic mass is 10.2. The van der Waals surface area contributed by atoms with Crippen molar-refractivity contribution in [3.63, 3.8) is 0 Å². The average molecular weight is 348 g/mol. The molecule has 0 N–H and O–H groups in total. The molecule has 1 aliphatic rings. The first kappa shape index (κ1) is 17.8. The van der Waals surface area contributed by atoms with Gasteiger partial charge < -0.3 is 9.26 Å². The quantitative estimate of drug-likeness (QED) is 0.800. The summed E-state index contributed by atoms with van der Waals surface area (Å²) in [5.41, 5.74) is 0.963. The van der Waals surface area contributed by atoms with Gasteiger partial charge in [-0.25, -0.2) is 4.39 Å². The number of methoxy groups -OCH3 is 1. The summed E-state index contributed by atoms with van der Waals surface area (Å²) in [7, 11) is 1.48. The van der Waals surface area contributed by atoms with Gasteiger partial charge in [0.05, 0.1) is 13.7 Å². The maximum Gasteiger partial charge on any atom is 0.240 e. The van der Waals surface area contributed by atoms with Gasteiger partial charge in [-0.15, -0.1) is 0 Å². The van der Waals surface area contributed by atoms with Crippen molar-refractivity contribution in [2.45, 2.75) is 32.9 Å². The van der Waals surface area contributed by atoms with Crippen molar-refractivity contribution in [1.29, 1.82) is 0 Å². The van der Waals surface area contributed by atoms with Crippen LogP contribution < -0.4 is 4.74 Å².